The largest absolute Gasteiger partial charge is 0.471 e. The Balaban J connectivity index is 1.71. The second-order valence-electron chi connectivity index (χ2n) is 11.7. The molecule has 2 saturated carbocycles. The molecule has 5 unspecified atom stereocenters. The van der Waals surface area contributed by atoms with Crippen molar-refractivity contribution >= 4 is 17.7 Å². The van der Waals surface area contributed by atoms with E-state index in [-0.39, 0.29) is 23.8 Å². The molecule has 0 aromatic carbocycles. The molecule has 3 amide bonds. The minimum atomic E-state index is -5.16. The highest BCUT2D eigenvalue weighted by Gasteiger charge is 2.52. The number of nitrogens with one attached hydrogen (secondary N) is 3. The minimum Gasteiger partial charge on any atom is -0.378 e. The molecule has 3 rings (SSSR count). The summed E-state index contributed by atoms with van der Waals surface area (Å²) in [6, 6.07) is -1.39. The average Bonchev–Trinajstić information content (AvgIpc) is 3.68. The Bertz CT molecular complexity index is 905. The van der Waals surface area contributed by atoms with E-state index in [9.17, 15) is 37.9 Å². The molecule has 4 N–H and O–H groups in total. The minimum absolute atomic E-state index is 0.0714. The molecule has 1 aliphatic heterocycles. The summed E-state index contributed by atoms with van der Waals surface area (Å²) in [7, 11) is 1.33. The van der Waals surface area contributed by atoms with Crippen molar-refractivity contribution in [1.82, 2.24) is 20.9 Å². The summed E-state index contributed by atoms with van der Waals surface area (Å²) in [4.78, 5) is 39.3. The molecule has 1 spiro atoms. The number of hydrogen-bond acceptors (Lipinski definition) is 6. The summed E-state index contributed by atoms with van der Waals surface area (Å²) in [5, 5.41) is 27.6. The summed E-state index contributed by atoms with van der Waals surface area (Å²) in [6.07, 6.45) is -1.04. The summed E-state index contributed by atoms with van der Waals surface area (Å²) in [5.74, 6) is -3.65. The van der Waals surface area contributed by atoms with Gasteiger partial charge in [0.05, 0.1) is 6.07 Å². The lowest BCUT2D eigenvalue weighted by atomic mass is 9.85. The van der Waals surface area contributed by atoms with E-state index >= 15 is 0 Å². The average molecular weight is 516 g/mol. The first-order valence-corrected chi connectivity index (χ1v) is 12.4. The van der Waals surface area contributed by atoms with Crippen LogP contribution in [-0.4, -0.2) is 70.8 Å². The molecule has 36 heavy (non-hydrogen) atoms. The van der Waals surface area contributed by atoms with Gasteiger partial charge in [-0.2, -0.15) is 18.4 Å². The van der Waals surface area contributed by atoms with Crippen molar-refractivity contribution in [1.29, 1.82) is 5.26 Å². The Hall–Kier alpha value is -2.39. The Morgan fingerprint density at radius 1 is 1.17 bits per heavy atom. The Morgan fingerprint density at radius 2 is 1.78 bits per heavy atom. The lowest BCUT2D eigenvalue weighted by Crippen LogP contribution is -2.60. The molecular formula is C24H36F3N5O4. The van der Waals surface area contributed by atoms with Crippen LogP contribution in [0.25, 0.3) is 0 Å². The van der Waals surface area contributed by atoms with Gasteiger partial charge in [-0.15, -0.1) is 0 Å². The number of halogens is 3. The highest BCUT2D eigenvalue weighted by molar-refractivity contribution is 5.93. The van der Waals surface area contributed by atoms with Crippen LogP contribution in [0.15, 0.2) is 0 Å². The van der Waals surface area contributed by atoms with E-state index in [0.29, 0.717) is 12.8 Å². The van der Waals surface area contributed by atoms with E-state index in [1.807, 2.05) is 0 Å². The third kappa shape index (κ3) is 6.88. The van der Waals surface area contributed by atoms with Crippen LogP contribution in [0, 0.1) is 28.6 Å². The predicted molar refractivity (Wildman–Crippen MR) is 123 cm³/mol. The van der Waals surface area contributed by atoms with Crippen LogP contribution in [0.2, 0.25) is 0 Å². The first kappa shape index (κ1) is 28.2. The number of hydrogen-bond donors (Lipinski definition) is 4. The predicted octanol–water partition coefficient (Wildman–Crippen LogP) is 1.57. The number of rotatable bonds is 9. The van der Waals surface area contributed by atoms with Crippen LogP contribution in [0.3, 0.4) is 0 Å². The first-order valence-electron chi connectivity index (χ1n) is 12.4. The number of amides is 3. The number of nitriles is 1. The van der Waals surface area contributed by atoms with Gasteiger partial charge in [-0.1, -0.05) is 33.6 Å². The van der Waals surface area contributed by atoms with E-state index in [0.717, 1.165) is 30.6 Å². The zero-order valence-electron chi connectivity index (χ0n) is 21.1. The van der Waals surface area contributed by atoms with Crippen LogP contribution >= 0.6 is 0 Å². The molecule has 12 heteroatoms. The van der Waals surface area contributed by atoms with Crippen LogP contribution in [-0.2, 0) is 14.4 Å². The van der Waals surface area contributed by atoms with Gasteiger partial charge in [0.25, 0.3) is 0 Å². The van der Waals surface area contributed by atoms with E-state index in [1.54, 1.807) is 5.32 Å². The van der Waals surface area contributed by atoms with Gasteiger partial charge in [-0.05, 0) is 43.4 Å². The molecule has 202 valence electrons. The van der Waals surface area contributed by atoms with Crippen molar-refractivity contribution < 1.29 is 32.7 Å². The number of aliphatic hydroxyl groups is 1. The van der Waals surface area contributed by atoms with Crippen molar-refractivity contribution in [3.05, 3.63) is 0 Å². The quantitative estimate of drug-likeness (QED) is 0.368. The second-order valence-corrected chi connectivity index (χ2v) is 11.7. The molecule has 0 aromatic heterocycles. The standard InChI is InChI=1S/C24H36F3N5O4/c1-22(2,3)17(30-21(36)24(25,26)27)20(35)32(4)16(9-13-5-6-13)19(34)29-15(12-28)10-14-11-23(7-8-23)31-18(14)33/h13-18,31,33H,5-11H2,1-4H3,(H,29,34)(H,30,36). The van der Waals surface area contributed by atoms with Gasteiger partial charge >= 0.3 is 12.1 Å². The topological polar surface area (TPSA) is 135 Å². The zero-order valence-corrected chi connectivity index (χ0v) is 21.1. The third-order valence-corrected chi connectivity index (χ3v) is 7.44. The second kappa shape index (κ2) is 10.2. The fourth-order valence-electron chi connectivity index (χ4n) is 4.86. The molecule has 1 saturated heterocycles. The van der Waals surface area contributed by atoms with Gasteiger partial charge in [0.1, 0.15) is 24.4 Å². The number of carbonyl (C=O) groups is 3. The van der Waals surface area contributed by atoms with Gasteiger partial charge in [-0.25, -0.2) is 0 Å². The van der Waals surface area contributed by atoms with Crippen LogP contribution < -0.4 is 16.0 Å². The SMILES string of the molecule is CN(C(=O)C(NC(=O)C(F)(F)F)C(C)(C)C)C(CC1CC1)C(=O)NC(C#N)CC1CC2(CC2)NC1O. The van der Waals surface area contributed by atoms with Crippen molar-refractivity contribution in [2.24, 2.45) is 17.3 Å². The third-order valence-electron chi connectivity index (χ3n) is 7.44. The number of carbonyl (C=O) groups excluding carboxylic acids is 3. The van der Waals surface area contributed by atoms with Crippen LogP contribution in [0.5, 0.6) is 0 Å². The van der Waals surface area contributed by atoms with Crippen LogP contribution in [0.1, 0.15) is 65.7 Å². The fraction of sp³-hybridized carbons (Fsp3) is 0.833. The maximum Gasteiger partial charge on any atom is 0.471 e. The van der Waals surface area contributed by atoms with Gasteiger partial charge in [0.15, 0.2) is 0 Å². The lowest BCUT2D eigenvalue weighted by Gasteiger charge is -2.36. The highest BCUT2D eigenvalue weighted by atomic mass is 19.4. The van der Waals surface area contributed by atoms with Gasteiger partial charge < -0.3 is 20.6 Å². The summed E-state index contributed by atoms with van der Waals surface area (Å²) in [5.41, 5.74) is -1.13. The van der Waals surface area contributed by atoms with Crippen LogP contribution in [0.4, 0.5) is 13.2 Å². The van der Waals surface area contributed by atoms with Crippen molar-refractivity contribution in [3.8, 4) is 6.07 Å². The van der Waals surface area contributed by atoms with Crippen molar-refractivity contribution in [2.45, 2.75) is 102 Å². The monoisotopic (exact) mass is 515 g/mol. The molecule has 3 fully saturated rings. The molecule has 9 nitrogen and oxygen atoms in total. The number of aliphatic hydroxyl groups excluding tert-OH is 1. The Morgan fingerprint density at radius 3 is 2.22 bits per heavy atom. The van der Waals surface area contributed by atoms with Gasteiger partial charge in [0, 0.05) is 18.5 Å². The molecule has 0 aromatic rings. The molecular weight excluding hydrogens is 479 g/mol. The Kier molecular flexibility index (Phi) is 7.96. The van der Waals surface area contributed by atoms with E-state index < -0.39 is 53.7 Å². The van der Waals surface area contributed by atoms with Crippen molar-refractivity contribution in [2.75, 3.05) is 7.05 Å². The molecule has 0 radical (unpaired) electrons. The molecule has 2 aliphatic carbocycles. The first-order chi connectivity index (χ1) is 16.6. The molecule has 0 bridgehead atoms. The van der Waals surface area contributed by atoms with E-state index in [2.05, 4.69) is 16.7 Å². The number of alkyl halides is 3. The smallest absolute Gasteiger partial charge is 0.378 e. The van der Waals surface area contributed by atoms with Gasteiger partial charge in [0.2, 0.25) is 11.8 Å². The summed E-state index contributed by atoms with van der Waals surface area (Å²) < 4.78 is 38.7. The van der Waals surface area contributed by atoms with E-state index in [4.69, 9.17) is 0 Å². The summed E-state index contributed by atoms with van der Waals surface area (Å²) >= 11 is 0. The maximum atomic E-state index is 13.3. The molecule has 1 heterocycles. The Labute approximate surface area is 209 Å². The normalized spacial score (nSPS) is 25.4. The molecule has 3 aliphatic rings. The zero-order chi connectivity index (χ0) is 27.1. The lowest BCUT2D eigenvalue weighted by molar-refractivity contribution is -0.176. The maximum absolute atomic E-state index is 13.3. The van der Waals surface area contributed by atoms with Crippen molar-refractivity contribution in [3.63, 3.8) is 0 Å². The number of nitrogens with zero attached hydrogens (tertiary/aromatic N) is 2. The summed E-state index contributed by atoms with van der Waals surface area (Å²) in [6.45, 7) is 4.57. The van der Waals surface area contributed by atoms with E-state index in [1.165, 1.54) is 27.8 Å². The highest BCUT2D eigenvalue weighted by Crippen LogP contribution is 2.47. The fourth-order valence-corrected chi connectivity index (χ4v) is 4.86. The number of likely N-dealkylation sites (N-methyl/N-ethyl adjacent to an activating group) is 1. The molecule has 5 atom stereocenters. The van der Waals surface area contributed by atoms with Gasteiger partial charge in [-0.3, -0.25) is 19.7 Å².